The van der Waals surface area contributed by atoms with Gasteiger partial charge in [0, 0.05) is 17.8 Å². The van der Waals surface area contributed by atoms with Gasteiger partial charge in [0.15, 0.2) is 0 Å². The molecule has 78 valence electrons. The van der Waals surface area contributed by atoms with Gasteiger partial charge in [0.25, 0.3) is 0 Å². The lowest BCUT2D eigenvalue weighted by Crippen LogP contribution is -2.46. The van der Waals surface area contributed by atoms with Crippen molar-refractivity contribution >= 4 is 5.78 Å². The molecule has 0 aromatic heterocycles. The van der Waals surface area contributed by atoms with Crippen LogP contribution in [0.5, 0.6) is 0 Å². The first-order valence-corrected chi connectivity index (χ1v) is 5.56. The Labute approximate surface area is 88.9 Å². The van der Waals surface area contributed by atoms with Crippen molar-refractivity contribution in [2.45, 2.75) is 24.9 Å². The smallest absolute Gasteiger partial charge is 0.144 e. The number of hydrogen-bond donors (Lipinski definition) is 1. The van der Waals surface area contributed by atoms with Crippen LogP contribution in [0.15, 0.2) is 30.3 Å². The zero-order valence-corrected chi connectivity index (χ0v) is 8.47. The quantitative estimate of drug-likeness (QED) is 0.753. The molecule has 0 aliphatic heterocycles. The number of ketones is 1. The molecule has 2 nitrogen and oxygen atoms in total. The van der Waals surface area contributed by atoms with Crippen LogP contribution in [0.1, 0.15) is 24.3 Å². The van der Waals surface area contributed by atoms with Crippen molar-refractivity contribution in [2.75, 3.05) is 0 Å². The van der Waals surface area contributed by atoms with E-state index in [9.17, 15) is 9.90 Å². The third-order valence-electron chi connectivity index (χ3n) is 3.90. The maximum Gasteiger partial charge on any atom is 0.144 e. The summed E-state index contributed by atoms with van der Waals surface area (Å²) in [4.78, 5) is 11.9. The van der Waals surface area contributed by atoms with Crippen LogP contribution in [-0.2, 0) is 4.79 Å². The molecule has 0 bridgehead atoms. The maximum absolute atomic E-state index is 11.9. The van der Waals surface area contributed by atoms with E-state index in [1.54, 1.807) is 0 Å². The zero-order valence-electron chi connectivity index (χ0n) is 8.47. The summed E-state index contributed by atoms with van der Waals surface area (Å²) in [6, 6.07) is 9.84. The predicted octanol–water partition coefficient (Wildman–Crippen LogP) is 1.74. The Morgan fingerprint density at radius 3 is 2.60 bits per heavy atom. The molecule has 1 aromatic carbocycles. The summed E-state index contributed by atoms with van der Waals surface area (Å²) in [6.45, 7) is 0. The van der Waals surface area contributed by atoms with Crippen molar-refractivity contribution in [1.82, 2.24) is 0 Å². The van der Waals surface area contributed by atoms with Crippen molar-refractivity contribution in [1.29, 1.82) is 0 Å². The molecule has 0 unspecified atom stereocenters. The number of aliphatic hydroxyl groups is 1. The van der Waals surface area contributed by atoms with Gasteiger partial charge in [-0.1, -0.05) is 30.3 Å². The SMILES string of the molecule is O=C1[C@H]2CC[C@H](O)[C@H]2[C@H]1c1ccccc1. The number of carbonyl (C=O) groups is 1. The average molecular weight is 202 g/mol. The first kappa shape index (κ1) is 9.10. The van der Waals surface area contributed by atoms with E-state index >= 15 is 0 Å². The molecule has 1 aromatic rings. The summed E-state index contributed by atoms with van der Waals surface area (Å²) >= 11 is 0. The molecule has 0 amide bonds. The predicted molar refractivity (Wildman–Crippen MR) is 56.4 cm³/mol. The van der Waals surface area contributed by atoms with E-state index in [-0.39, 0.29) is 23.9 Å². The first-order chi connectivity index (χ1) is 7.29. The molecule has 2 fully saturated rings. The fourth-order valence-corrected chi connectivity index (χ4v) is 3.14. The van der Waals surface area contributed by atoms with E-state index in [2.05, 4.69) is 0 Å². The number of carbonyl (C=O) groups excluding carboxylic acids is 1. The van der Waals surface area contributed by atoms with Crippen molar-refractivity contribution < 1.29 is 9.90 Å². The van der Waals surface area contributed by atoms with Gasteiger partial charge in [-0.3, -0.25) is 4.79 Å². The lowest BCUT2D eigenvalue weighted by Gasteiger charge is -2.40. The molecule has 0 spiro atoms. The van der Waals surface area contributed by atoms with Gasteiger partial charge in [-0.25, -0.2) is 0 Å². The number of aliphatic hydroxyl groups excluding tert-OH is 1. The van der Waals surface area contributed by atoms with Gasteiger partial charge in [-0.15, -0.1) is 0 Å². The molecule has 0 saturated heterocycles. The van der Waals surface area contributed by atoms with Crippen LogP contribution in [0, 0.1) is 11.8 Å². The normalized spacial score (nSPS) is 38.6. The molecule has 2 saturated carbocycles. The van der Waals surface area contributed by atoms with Crippen LogP contribution in [-0.4, -0.2) is 17.0 Å². The Kier molecular flexibility index (Phi) is 1.93. The Morgan fingerprint density at radius 1 is 1.13 bits per heavy atom. The summed E-state index contributed by atoms with van der Waals surface area (Å²) in [7, 11) is 0. The summed E-state index contributed by atoms with van der Waals surface area (Å²) in [5.74, 6) is 0.640. The highest BCUT2D eigenvalue weighted by Gasteiger charge is 2.56. The van der Waals surface area contributed by atoms with Gasteiger partial charge < -0.3 is 5.11 Å². The average Bonchev–Trinajstić information content (AvgIpc) is 2.58. The van der Waals surface area contributed by atoms with Crippen LogP contribution in [0.25, 0.3) is 0 Å². The molecular formula is C13H14O2. The molecule has 1 N–H and O–H groups in total. The number of Topliss-reactive ketones (excluding diaryl/α,β-unsaturated/α-hetero) is 1. The second kappa shape index (κ2) is 3.17. The number of rotatable bonds is 1. The van der Waals surface area contributed by atoms with Gasteiger partial charge in [-0.05, 0) is 18.4 Å². The third-order valence-corrected chi connectivity index (χ3v) is 3.90. The Balaban J connectivity index is 1.92. The fraction of sp³-hybridized carbons (Fsp3) is 0.462. The van der Waals surface area contributed by atoms with Gasteiger partial charge >= 0.3 is 0 Å². The van der Waals surface area contributed by atoms with Crippen molar-refractivity contribution in [3.8, 4) is 0 Å². The van der Waals surface area contributed by atoms with E-state index in [1.807, 2.05) is 30.3 Å². The molecule has 3 rings (SSSR count). The molecule has 2 aliphatic rings. The zero-order chi connectivity index (χ0) is 10.4. The summed E-state index contributed by atoms with van der Waals surface area (Å²) < 4.78 is 0. The van der Waals surface area contributed by atoms with Gasteiger partial charge in [0.1, 0.15) is 5.78 Å². The van der Waals surface area contributed by atoms with Crippen LogP contribution in [0.3, 0.4) is 0 Å². The molecular weight excluding hydrogens is 188 g/mol. The van der Waals surface area contributed by atoms with Crippen molar-refractivity contribution in [2.24, 2.45) is 11.8 Å². The van der Waals surface area contributed by atoms with E-state index in [0.29, 0.717) is 5.78 Å². The summed E-state index contributed by atoms with van der Waals surface area (Å²) in [5, 5.41) is 9.82. The second-order valence-electron chi connectivity index (χ2n) is 4.62. The topological polar surface area (TPSA) is 37.3 Å². The largest absolute Gasteiger partial charge is 0.393 e. The molecule has 2 aliphatic carbocycles. The van der Waals surface area contributed by atoms with Gasteiger partial charge in [-0.2, -0.15) is 0 Å². The summed E-state index contributed by atoms with van der Waals surface area (Å²) in [5.41, 5.74) is 1.07. The maximum atomic E-state index is 11.9. The highest BCUT2D eigenvalue weighted by molar-refractivity contribution is 5.95. The highest BCUT2D eigenvalue weighted by atomic mass is 16.3. The van der Waals surface area contributed by atoms with E-state index < -0.39 is 0 Å². The lowest BCUT2D eigenvalue weighted by atomic mass is 9.62. The van der Waals surface area contributed by atoms with Crippen molar-refractivity contribution in [3.63, 3.8) is 0 Å². The van der Waals surface area contributed by atoms with Crippen LogP contribution in [0.2, 0.25) is 0 Å². The molecule has 15 heavy (non-hydrogen) atoms. The fourth-order valence-electron chi connectivity index (χ4n) is 3.14. The highest BCUT2D eigenvalue weighted by Crippen LogP contribution is 2.53. The van der Waals surface area contributed by atoms with Gasteiger partial charge in [0.2, 0.25) is 0 Å². The van der Waals surface area contributed by atoms with E-state index in [1.165, 1.54) is 0 Å². The molecule has 0 heterocycles. The van der Waals surface area contributed by atoms with E-state index in [0.717, 1.165) is 18.4 Å². The molecule has 2 heteroatoms. The van der Waals surface area contributed by atoms with E-state index in [4.69, 9.17) is 0 Å². The molecule has 0 radical (unpaired) electrons. The number of benzene rings is 1. The van der Waals surface area contributed by atoms with Crippen LogP contribution < -0.4 is 0 Å². The number of fused-ring (bicyclic) bond motifs is 1. The standard InChI is InChI=1S/C13H14O2/c14-10-7-6-9-12(10)11(13(9)15)8-4-2-1-3-5-8/h1-5,9-12,14H,6-7H2/t9-,10-,11+,12-/m0/s1. The molecule has 4 atom stereocenters. The minimum absolute atomic E-state index is 0.0336. The van der Waals surface area contributed by atoms with Crippen LogP contribution in [0.4, 0.5) is 0 Å². The van der Waals surface area contributed by atoms with Gasteiger partial charge in [0.05, 0.1) is 6.10 Å². The summed E-state index contributed by atoms with van der Waals surface area (Å²) in [6.07, 6.45) is 1.41. The minimum Gasteiger partial charge on any atom is -0.393 e. The third kappa shape index (κ3) is 1.18. The first-order valence-electron chi connectivity index (χ1n) is 5.56. The Bertz CT molecular complexity index is 385. The Hall–Kier alpha value is -1.15. The minimum atomic E-state index is -0.266. The number of hydrogen-bond acceptors (Lipinski definition) is 2. The lowest BCUT2D eigenvalue weighted by molar-refractivity contribution is -0.138. The second-order valence-corrected chi connectivity index (χ2v) is 4.62. The monoisotopic (exact) mass is 202 g/mol. The van der Waals surface area contributed by atoms with Crippen molar-refractivity contribution in [3.05, 3.63) is 35.9 Å². The Morgan fingerprint density at radius 2 is 1.87 bits per heavy atom. The van der Waals surface area contributed by atoms with Crippen LogP contribution >= 0.6 is 0 Å².